The highest BCUT2D eigenvalue weighted by atomic mass is 19.4. The van der Waals surface area contributed by atoms with Crippen molar-refractivity contribution in [1.29, 1.82) is 0 Å². The molecule has 4 aromatic rings. The number of aryl methyl sites for hydroxylation is 1. The van der Waals surface area contributed by atoms with Gasteiger partial charge in [-0.1, -0.05) is 30.0 Å². The van der Waals surface area contributed by atoms with Crippen LogP contribution in [0, 0.1) is 18.8 Å². The second-order valence-corrected chi connectivity index (χ2v) is 7.76. The van der Waals surface area contributed by atoms with Gasteiger partial charge in [-0.05, 0) is 42.8 Å². The van der Waals surface area contributed by atoms with E-state index in [0.29, 0.717) is 16.8 Å². The third kappa shape index (κ3) is 5.42. The number of benzene rings is 2. The minimum atomic E-state index is -4.55. The predicted molar refractivity (Wildman–Crippen MR) is 132 cm³/mol. The van der Waals surface area contributed by atoms with Crippen molar-refractivity contribution in [3.8, 4) is 11.8 Å². The largest absolute Gasteiger partial charge is 0.416 e. The Labute approximate surface area is 204 Å². The van der Waals surface area contributed by atoms with Crippen LogP contribution in [0.4, 0.5) is 24.7 Å². The van der Waals surface area contributed by atoms with Crippen molar-refractivity contribution in [2.75, 3.05) is 5.32 Å². The van der Waals surface area contributed by atoms with Gasteiger partial charge in [0.2, 0.25) is 0 Å². The molecule has 2 heterocycles. The van der Waals surface area contributed by atoms with Gasteiger partial charge in [0.15, 0.2) is 5.96 Å². The lowest BCUT2D eigenvalue weighted by Gasteiger charge is -2.09. The number of aromatic nitrogens is 2. The summed E-state index contributed by atoms with van der Waals surface area (Å²) in [5.74, 6) is 5.22. The van der Waals surface area contributed by atoms with Crippen LogP contribution in [-0.4, -0.2) is 21.8 Å². The minimum absolute atomic E-state index is 0.0787. The first-order chi connectivity index (χ1) is 17.1. The molecule has 0 atom stereocenters. The van der Waals surface area contributed by atoms with Gasteiger partial charge in [0.1, 0.15) is 5.82 Å². The third-order valence-corrected chi connectivity index (χ3v) is 5.19. The zero-order valence-electron chi connectivity index (χ0n) is 18.9. The molecule has 0 radical (unpaired) electrons. The van der Waals surface area contributed by atoms with E-state index in [1.807, 2.05) is 13.0 Å². The average molecular weight is 488 g/mol. The van der Waals surface area contributed by atoms with Gasteiger partial charge in [-0.25, -0.2) is 9.98 Å². The number of aliphatic imine (C=N–C) groups is 1. The number of halogens is 3. The molecule has 0 spiro atoms. The van der Waals surface area contributed by atoms with Crippen molar-refractivity contribution in [2.45, 2.75) is 13.1 Å². The van der Waals surface area contributed by atoms with Gasteiger partial charge in [0.25, 0.3) is 5.91 Å². The molecule has 0 aliphatic rings. The fourth-order valence-corrected chi connectivity index (χ4v) is 3.41. The maximum absolute atomic E-state index is 12.9. The van der Waals surface area contributed by atoms with Crippen molar-refractivity contribution in [1.82, 2.24) is 9.97 Å². The van der Waals surface area contributed by atoms with E-state index in [-0.39, 0.29) is 17.3 Å². The number of nitrogens with two attached hydrogens (primary N) is 2. The smallest absolute Gasteiger partial charge is 0.370 e. The first-order valence-corrected chi connectivity index (χ1v) is 10.6. The molecule has 0 bridgehead atoms. The van der Waals surface area contributed by atoms with E-state index in [0.717, 1.165) is 34.7 Å². The lowest BCUT2D eigenvalue weighted by molar-refractivity contribution is -0.137. The second-order valence-electron chi connectivity index (χ2n) is 7.76. The highest BCUT2D eigenvalue weighted by Crippen LogP contribution is 2.30. The van der Waals surface area contributed by atoms with Crippen molar-refractivity contribution in [2.24, 2.45) is 16.5 Å². The number of nitrogens with one attached hydrogen (secondary N) is 1. The molecule has 1 amide bonds. The van der Waals surface area contributed by atoms with Crippen LogP contribution in [0.3, 0.4) is 0 Å². The van der Waals surface area contributed by atoms with Gasteiger partial charge in [0, 0.05) is 40.5 Å². The molecule has 2 aromatic heterocycles. The monoisotopic (exact) mass is 488 g/mol. The number of pyridine rings is 2. The van der Waals surface area contributed by atoms with Gasteiger partial charge < -0.3 is 16.8 Å². The Morgan fingerprint density at radius 1 is 1.00 bits per heavy atom. The van der Waals surface area contributed by atoms with E-state index in [1.54, 1.807) is 42.7 Å². The van der Waals surface area contributed by atoms with Gasteiger partial charge in [0.05, 0.1) is 16.8 Å². The van der Waals surface area contributed by atoms with Crippen molar-refractivity contribution < 1.29 is 18.0 Å². The highest BCUT2D eigenvalue weighted by Gasteiger charge is 2.30. The Bertz CT molecular complexity index is 1560. The van der Waals surface area contributed by atoms with E-state index < -0.39 is 17.6 Å². The molecule has 5 N–H and O–H groups in total. The van der Waals surface area contributed by atoms with E-state index in [4.69, 9.17) is 11.5 Å². The highest BCUT2D eigenvalue weighted by molar-refractivity contribution is 6.04. The van der Waals surface area contributed by atoms with Crippen LogP contribution >= 0.6 is 0 Å². The average Bonchev–Trinajstić information content (AvgIpc) is 2.83. The predicted octanol–water partition coefficient (Wildman–Crippen LogP) is 4.51. The first kappa shape index (κ1) is 24.2. The van der Waals surface area contributed by atoms with Crippen LogP contribution in [-0.2, 0) is 6.18 Å². The van der Waals surface area contributed by atoms with Gasteiger partial charge in [-0.15, -0.1) is 0 Å². The Morgan fingerprint density at radius 2 is 1.78 bits per heavy atom. The molecule has 0 fully saturated rings. The third-order valence-electron chi connectivity index (χ3n) is 5.19. The number of amides is 1. The Hall–Kier alpha value is -4.91. The molecule has 0 saturated carbocycles. The van der Waals surface area contributed by atoms with Crippen LogP contribution in [0.2, 0.25) is 0 Å². The van der Waals surface area contributed by atoms with Crippen LogP contribution in [0.1, 0.15) is 32.6 Å². The summed E-state index contributed by atoms with van der Waals surface area (Å²) in [6.45, 7) is 1.83. The normalized spacial score (nSPS) is 10.9. The molecule has 0 unspecified atom stereocenters. The summed E-state index contributed by atoms with van der Waals surface area (Å²) in [4.78, 5) is 24.8. The van der Waals surface area contributed by atoms with Gasteiger partial charge in [-0.2, -0.15) is 13.2 Å². The quantitative estimate of drug-likeness (QED) is 0.223. The van der Waals surface area contributed by atoms with E-state index >= 15 is 0 Å². The fourth-order valence-electron chi connectivity index (χ4n) is 3.41. The summed E-state index contributed by atoms with van der Waals surface area (Å²) in [5, 5.41) is 3.91. The number of hydrogen-bond acceptors (Lipinski definition) is 4. The van der Waals surface area contributed by atoms with E-state index in [9.17, 15) is 18.0 Å². The molecule has 7 nitrogen and oxygen atoms in total. The summed E-state index contributed by atoms with van der Waals surface area (Å²) in [5.41, 5.74) is 12.9. The Kier molecular flexibility index (Phi) is 6.56. The summed E-state index contributed by atoms with van der Waals surface area (Å²) in [7, 11) is 0. The number of guanidine groups is 1. The summed E-state index contributed by atoms with van der Waals surface area (Å²) in [6.07, 6.45) is -0.309. The zero-order valence-corrected chi connectivity index (χ0v) is 18.9. The summed E-state index contributed by atoms with van der Waals surface area (Å²) < 4.78 is 38.8. The van der Waals surface area contributed by atoms with Crippen LogP contribution in [0.25, 0.3) is 10.8 Å². The number of fused-ring (bicyclic) bond motifs is 1. The van der Waals surface area contributed by atoms with Crippen molar-refractivity contribution in [3.63, 3.8) is 0 Å². The maximum Gasteiger partial charge on any atom is 0.416 e. The minimum Gasteiger partial charge on any atom is -0.370 e. The molecule has 0 saturated heterocycles. The number of alkyl halides is 3. The Morgan fingerprint density at radius 3 is 2.53 bits per heavy atom. The van der Waals surface area contributed by atoms with Crippen LogP contribution in [0.15, 0.2) is 72.1 Å². The second kappa shape index (κ2) is 9.76. The number of rotatable bonds is 3. The van der Waals surface area contributed by atoms with E-state index in [1.165, 1.54) is 0 Å². The SMILES string of the molecule is Cc1ccc(C(=O)Nc2cc(C(F)(F)F)ccn2)cc1C#Cc1cncc2c(N=C(N)N)cccc12. The molecular weight excluding hydrogens is 469 g/mol. The molecular formula is C26H19F3N6O. The molecule has 36 heavy (non-hydrogen) atoms. The molecule has 4 rings (SSSR count). The van der Waals surface area contributed by atoms with Crippen molar-refractivity contribution in [3.05, 3.63) is 94.9 Å². The topological polar surface area (TPSA) is 119 Å². The summed E-state index contributed by atoms with van der Waals surface area (Å²) in [6, 6.07) is 11.9. The molecule has 180 valence electrons. The van der Waals surface area contributed by atoms with Gasteiger partial charge >= 0.3 is 6.18 Å². The zero-order chi connectivity index (χ0) is 25.9. The molecule has 2 aromatic carbocycles. The number of anilines is 1. The lowest BCUT2D eigenvalue weighted by atomic mass is 10.0. The lowest BCUT2D eigenvalue weighted by Crippen LogP contribution is -2.21. The van der Waals surface area contributed by atoms with Crippen LogP contribution in [0.5, 0.6) is 0 Å². The van der Waals surface area contributed by atoms with Crippen LogP contribution < -0.4 is 16.8 Å². The molecule has 0 aliphatic carbocycles. The first-order valence-electron chi connectivity index (χ1n) is 10.6. The van der Waals surface area contributed by atoms with Crippen molar-refractivity contribution >= 4 is 34.1 Å². The number of hydrogen-bond donors (Lipinski definition) is 3. The van der Waals surface area contributed by atoms with Gasteiger partial charge in [-0.3, -0.25) is 9.78 Å². The maximum atomic E-state index is 12.9. The Balaban J connectivity index is 1.64. The standard InChI is InChI=1S/C26H19F3N6O/c1-15-5-6-17(24(36)35-23-12-19(9-10-33-23)26(27,28)29)11-16(15)7-8-18-13-32-14-21-20(18)3-2-4-22(21)34-25(30)31/h2-6,9-14H,1H3,(H4,30,31,34)(H,33,35,36). The molecule has 0 aliphatic heterocycles. The number of carbonyl (C=O) groups is 1. The molecule has 10 heteroatoms. The number of nitrogens with zero attached hydrogens (tertiary/aromatic N) is 3. The fraction of sp³-hybridized carbons (Fsp3) is 0.0769. The number of carbonyl (C=O) groups excluding carboxylic acids is 1. The summed E-state index contributed by atoms with van der Waals surface area (Å²) >= 11 is 0. The van der Waals surface area contributed by atoms with E-state index in [2.05, 4.69) is 32.1 Å².